The molecule has 3 aromatic rings. The van der Waals surface area contributed by atoms with Crippen LogP contribution in [0.3, 0.4) is 0 Å². The average Bonchev–Trinajstić information content (AvgIpc) is 3.31. The lowest BCUT2D eigenvalue weighted by molar-refractivity contribution is 0.214. The fraction of sp³-hybridized carbons (Fsp3) is 0.471. The van der Waals surface area contributed by atoms with Crippen molar-refractivity contribution in [2.45, 2.75) is 76.7 Å². The highest BCUT2D eigenvalue weighted by Gasteiger charge is 2.21. The maximum Gasteiger partial charge on any atom is 0.119 e. The lowest BCUT2D eigenvalue weighted by Crippen LogP contribution is -2.29. The Kier molecular flexibility index (Phi) is 9.24. The number of anilines is 1. The van der Waals surface area contributed by atoms with Gasteiger partial charge in [0.2, 0.25) is 0 Å². The first-order valence-corrected chi connectivity index (χ1v) is 14.7. The van der Waals surface area contributed by atoms with Crippen LogP contribution in [0.2, 0.25) is 0 Å². The molecule has 1 heterocycles. The van der Waals surface area contributed by atoms with E-state index in [0.29, 0.717) is 17.7 Å². The van der Waals surface area contributed by atoms with Crippen LogP contribution in [0.4, 0.5) is 5.69 Å². The highest BCUT2D eigenvalue weighted by atomic mass is 16.5. The number of hydrogen-bond acceptors (Lipinski definition) is 4. The van der Waals surface area contributed by atoms with E-state index in [1.165, 1.54) is 73.1 Å². The van der Waals surface area contributed by atoms with Crippen molar-refractivity contribution in [3.8, 4) is 11.5 Å². The summed E-state index contributed by atoms with van der Waals surface area (Å²) in [6, 6.07) is 23.7. The smallest absolute Gasteiger partial charge is 0.119 e. The van der Waals surface area contributed by atoms with E-state index < -0.39 is 0 Å². The largest absolute Gasteiger partial charge is 0.508 e. The first kappa shape index (κ1) is 26.6. The van der Waals surface area contributed by atoms with Crippen LogP contribution in [0.15, 0.2) is 66.7 Å². The number of fused-ring (bicyclic) bond motifs is 1. The van der Waals surface area contributed by atoms with Gasteiger partial charge in [0.25, 0.3) is 0 Å². The van der Waals surface area contributed by atoms with Gasteiger partial charge in [0.1, 0.15) is 18.1 Å². The van der Waals surface area contributed by atoms with Gasteiger partial charge in [-0.05, 0) is 123 Å². The maximum atomic E-state index is 9.92. The third-order valence-corrected chi connectivity index (χ3v) is 8.30. The Morgan fingerprint density at radius 1 is 0.921 bits per heavy atom. The summed E-state index contributed by atoms with van der Waals surface area (Å²) in [6.07, 6.45) is 10.8. The fourth-order valence-corrected chi connectivity index (χ4v) is 6.24. The van der Waals surface area contributed by atoms with Crippen LogP contribution in [-0.2, 0) is 19.3 Å². The summed E-state index contributed by atoms with van der Waals surface area (Å²) in [4.78, 5) is 2.55. The van der Waals surface area contributed by atoms with Gasteiger partial charge in [-0.2, -0.15) is 0 Å². The number of aryl methyl sites for hydroxylation is 1. The van der Waals surface area contributed by atoms with Gasteiger partial charge in [-0.25, -0.2) is 0 Å². The quantitative estimate of drug-likeness (QED) is 0.294. The molecule has 38 heavy (non-hydrogen) atoms. The molecule has 2 N–H and O–H groups in total. The van der Waals surface area contributed by atoms with E-state index in [-0.39, 0.29) is 0 Å². The van der Waals surface area contributed by atoms with Gasteiger partial charge in [-0.3, -0.25) is 4.90 Å². The lowest BCUT2D eigenvalue weighted by Gasteiger charge is -2.23. The summed E-state index contributed by atoms with van der Waals surface area (Å²) in [5.41, 5.74) is 6.67. The van der Waals surface area contributed by atoms with Gasteiger partial charge < -0.3 is 15.2 Å². The number of phenols is 1. The van der Waals surface area contributed by atoms with Crippen LogP contribution in [0.5, 0.6) is 11.5 Å². The third kappa shape index (κ3) is 7.32. The van der Waals surface area contributed by atoms with Gasteiger partial charge in [0.15, 0.2) is 0 Å². The second kappa shape index (κ2) is 13.2. The van der Waals surface area contributed by atoms with Crippen molar-refractivity contribution in [1.82, 2.24) is 4.90 Å². The molecule has 5 rings (SSSR count). The second-order valence-electron chi connectivity index (χ2n) is 11.3. The number of nitrogens with one attached hydrogen (secondary N) is 1. The van der Waals surface area contributed by atoms with Crippen LogP contribution < -0.4 is 10.1 Å². The van der Waals surface area contributed by atoms with E-state index in [9.17, 15) is 5.11 Å². The van der Waals surface area contributed by atoms with Crippen molar-refractivity contribution in [3.05, 3.63) is 89.0 Å². The highest BCUT2D eigenvalue weighted by Crippen LogP contribution is 2.36. The molecule has 202 valence electrons. The monoisotopic (exact) mass is 512 g/mol. The van der Waals surface area contributed by atoms with Crippen LogP contribution in [0.1, 0.15) is 73.6 Å². The van der Waals surface area contributed by atoms with Gasteiger partial charge in [-0.15, -0.1) is 0 Å². The summed E-state index contributed by atoms with van der Waals surface area (Å²) in [5.74, 6) is 1.84. The van der Waals surface area contributed by atoms with Crippen LogP contribution in [-0.4, -0.2) is 42.3 Å². The van der Waals surface area contributed by atoms with E-state index >= 15 is 0 Å². The number of para-hydroxylation sites is 1. The molecule has 2 unspecified atom stereocenters. The Morgan fingerprint density at radius 2 is 1.71 bits per heavy atom. The molecule has 0 spiro atoms. The number of aromatic hydroxyl groups is 1. The molecule has 0 aromatic heterocycles. The summed E-state index contributed by atoms with van der Waals surface area (Å²) >= 11 is 0. The predicted octanol–water partition coefficient (Wildman–Crippen LogP) is 7.35. The molecule has 2 aliphatic rings. The van der Waals surface area contributed by atoms with Gasteiger partial charge in [0, 0.05) is 18.3 Å². The van der Waals surface area contributed by atoms with Crippen LogP contribution in [0.25, 0.3) is 0 Å². The number of likely N-dealkylation sites (tertiary alicyclic amines) is 1. The summed E-state index contributed by atoms with van der Waals surface area (Å²) in [5, 5.41) is 13.7. The van der Waals surface area contributed by atoms with Crippen LogP contribution >= 0.6 is 0 Å². The van der Waals surface area contributed by atoms with E-state index in [4.69, 9.17) is 4.74 Å². The highest BCUT2D eigenvalue weighted by molar-refractivity contribution is 5.54. The van der Waals surface area contributed by atoms with Crippen molar-refractivity contribution >= 4 is 5.69 Å². The van der Waals surface area contributed by atoms with Crippen molar-refractivity contribution < 1.29 is 9.84 Å². The number of hydrogen-bond donors (Lipinski definition) is 2. The van der Waals surface area contributed by atoms with E-state index in [1.807, 2.05) is 12.1 Å². The predicted molar refractivity (Wildman–Crippen MR) is 158 cm³/mol. The molecule has 0 amide bonds. The van der Waals surface area contributed by atoms with E-state index in [1.54, 1.807) is 0 Å². The molecule has 0 saturated carbocycles. The summed E-state index contributed by atoms with van der Waals surface area (Å²) in [6.45, 7) is 6.50. The molecule has 0 radical (unpaired) electrons. The molecular formula is C34H44N2O2. The maximum absolute atomic E-state index is 9.92. The second-order valence-corrected chi connectivity index (χ2v) is 11.3. The zero-order valence-corrected chi connectivity index (χ0v) is 23.0. The molecule has 1 fully saturated rings. The van der Waals surface area contributed by atoms with Crippen LogP contribution in [0, 0.1) is 0 Å². The molecule has 3 aromatic carbocycles. The van der Waals surface area contributed by atoms with Gasteiger partial charge in [0.05, 0.1) is 0 Å². The minimum absolute atomic E-state index is 0.320. The van der Waals surface area contributed by atoms with Gasteiger partial charge >= 0.3 is 0 Å². The number of phenolic OH excluding ortho intramolecular Hbond substituents is 1. The molecule has 4 nitrogen and oxygen atoms in total. The molecule has 4 heteroatoms. The summed E-state index contributed by atoms with van der Waals surface area (Å²) < 4.78 is 6.06. The van der Waals surface area contributed by atoms with Crippen molar-refractivity contribution in [1.29, 1.82) is 0 Å². The lowest BCUT2D eigenvalue weighted by atomic mass is 9.88. The Hall–Kier alpha value is -2.98. The van der Waals surface area contributed by atoms with Crippen molar-refractivity contribution in [3.63, 3.8) is 0 Å². The normalized spacial score (nSPS) is 19.1. The number of nitrogens with zero attached hydrogens (tertiary/aromatic N) is 1. The van der Waals surface area contributed by atoms with Crippen molar-refractivity contribution in [2.24, 2.45) is 0 Å². The zero-order chi connectivity index (χ0) is 26.2. The molecular weight excluding hydrogens is 468 g/mol. The topological polar surface area (TPSA) is 44.7 Å². The standard InChI is InChI=1S/C34H44N2O2/c1-26(23-27-13-17-32(18-14-27)38-22-21-36-19-6-2-3-7-20-36)35-34-12-5-4-11-33(34)30-10-8-9-28-25-31(37)16-15-29(28)24-30/h4-5,11-18,25-26,30,35,37H,2-3,6-10,19-24H2,1H3. The third-order valence-electron chi connectivity index (χ3n) is 8.30. The Morgan fingerprint density at radius 3 is 2.53 bits per heavy atom. The summed E-state index contributed by atoms with van der Waals surface area (Å²) in [7, 11) is 0. The zero-order valence-electron chi connectivity index (χ0n) is 23.0. The molecule has 1 aliphatic heterocycles. The SMILES string of the molecule is CC(Cc1ccc(OCCN2CCCCCC2)cc1)Nc1ccccc1C1CCCc2cc(O)ccc2C1. The minimum Gasteiger partial charge on any atom is -0.508 e. The Balaban J connectivity index is 1.15. The first-order chi connectivity index (χ1) is 18.6. The van der Waals surface area contributed by atoms with E-state index in [2.05, 4.69) is 71.7 Å². The number of ether oxygens (including phenoxy) is 1. The number of rotatable bonds is 9. The molecule has 0 bridgehead atoms. The van der Waals surface area contributed by atoms with Gasteiger partial charge in [-0.1, -0.05) is 49.2 Å². The number of benzene rings is 3. The van der Waals surface area contributed by atoms with E-state index in [0.717, 1.165) is 44.6 Å². The molecule has 1 saturated heterocycles. The Labute approximate surface area is 229 Å². The fourth-order valence-electron chi connectivity index (χ4n) is 6.24. The average molecular weight is 513 g/mol. The minimum atomic E-state index is 0.320. The molecule has 2 atom stereocenters. The van der Waals surface area contributed by atoms with Crippen molar-refractivity contribution in [2.75, 3.05) is 31.6 Å². The first-order valence-electron chi connectivity index (χ1n) is 14.7. The molecule has 1 aliphatic carbocycles. The Bertz CT molecular complexity index is 1150.